The highest BCUT2D eigenvalue weighted by molar-refractivity contribution is 6.03. The zero-order valence-corrected chi connectivity index (χ0v) is 14.0. The van der Waals surface area contributed by atoms with Gasteiger partial charge in [0.25, 0.3) is 5.91 Å². The Morgan fingerprint density at radius 2 is 1.78 bits per heavy atom. The van der Waals surface area contributed by atoms with E-state index in [1.807, 2.05) is 24.3 Å². The van der Waals surface area contributed by atoms with Crippen molar-refractivity contribution in [2.24, 2.45) is 0 Å². The molecule has 0 saturated carbocycles. The Hall–Kier alpha value is -3.22. The number of halogens is 3. The van der Waals surface area contributed by atoms with Gasteiger partial charge in [0.15, 0.2) is 0 Å². The van der Waals surface area contributed by atoms with E-state index in [1.165, 1.54) is 17.7 Å². The van der Waals surface area contributed by atoms with Crippen LogP contribution in [0.3, 0.4) is 0 Å². The first-order chi connectivity index (χ1) is 12.9. The molecule has 4 nitrogen and oxygen atoms in total. The maximum Gasteiger partial charge on any atom is 0.416 e. The number of nitrogens with zero attached hydrogens (tertiary/aromatic N) is 2. The molecule has 3 aromatic rings. The molecule has 1 aliphatic rings. The topological polar surface area (TPSA) is 54.9 Å². The number of aryl methyl sites for hydroxylation is 2. The van der Waals surface area contributed by atoms with Crippen molar-refractivity contribution in [1.29, 1.82) is 0 Å². The standard InChI is InChI=1S/C20H14F3N3O/c21-20(22,23)15-6-3-5-13(10-15)18(27)26-19-24-11-14-9-8-12-4-1-2-7-16(12)17(14)25-19/h1-7,10-11H,8-9H2,(H,24,25,26,27). The van der Waals surface area contributed by atoms with Gasteiger partial charge in [0.05, 0.1) is 11.3 Å². The maximum atomic E-state index is 12.8. The molecule has 0 bridgehead atoms. The number of hydrogen-bond donors (Lipinski definition) is 1. The van der Waals surface area contributed by atoms with Crippen LogP contribution in [0.5, 0.6) is 0 Å². The van der Waals surface area contributed by atoms with Gasteiger partial charge >= 0.3 is 6.18 Å². The zero-order valence-electron chi connectivity index (χ0n) is 14.0. The molecule has 1 aliphatic carbocycles. The number of aromatic nitrogens is 2. The predicted molar refractivity (Wildman–Crippen MR) is 94.3 cm³/mol. The average Bonchev–Trinajstić information content (AvgIpc) is 2.67. The van der Waals surface area contributed by atoms with E-state index in [0.717, 1.165) is 41.8 Å². The second-order valence-electron chi connectivity index (χ2n) is 6.26. The van der Waals surface area contributed by atoms with Crippen molar-refractivity contribution in [3.63, 3.8) is 0 Å². The second kappa shape index (κ2) is 6.50. The Morgan fingerprint density at radius 3 is 2.59 bits per heavy atom. The van der Waals surface area contributed by atoms with Crippen LogP contribution < -0.4 is 5.32 Å². The summed E-state index contributed by atoms with van der Waals surface area (Å²) in [6.07, 6.45) is -1.17. The molecule has 1 aromatic heterocycles. The minimum atomic E-state index is -4.51. The summed E-state index contributed by atoms with van der Waals surface area (Å²) in [4.78, 5) is 20.9. The summed E-state index contributed by atoms with van der Waals surface area (Å²) >= 11 is 0. The number of alkyl halides is 3. The first kappa shape index (κ1) is 17.2. The van der Waals surface area contributed by atoms with Crippen molar-refractivity contribution in [3.05, 3.63) is 77.0 Å². The molecule has 0 atom stereocenters. The predicted octanol–water partition coefficient (Wildman–Crippen LogP) is 4.51. The van der Waals surface area contributed by atoms with Gasteiger partial charge in [0.2, 0.25) is 5.95 Å². The fraction of sp³-hybridized carbons (Fsp3) is 0.150. The van der Waals surface area contributed by atoms with Crippen LogP contribution in [-0.4, -0.2) is 15.9 Å². The smallest absolute Gasteiger partial charge is 0.290 e. The Labute approximate surface area is 153 Å². The van der Waals surface area contributed by atoms with E-state index in [1.54, 1.807) is 6.20 Å². The highest BCUT2D eigenvalue weighted by atomic mass is 19.4. The summed E-state index contributed by atoms with van der Waals surface area (Å²) in [6, 6.07) is 12.1. The molecule has 0 spiro atoms. The van der Waals surface area contributed by atoms with E-state index in [0.29, 0.717) is 0 Å². The molecule has 1 heterocycles. The van der Waals surface area contributed by atoms with Gasteiger partial charge < -0.3 is 0 Å². The fourth-order valence-corrected chi connectivity index (χ4v) is 3.13. The summed E-state index contributed by atoms with van der Waals surface area (Å²) in [5.74, 6) is -0.627. The van der Waals surface area contributed by atoms with Gasteiger partial charge in [-0.15, -0.1) is 0 Å². The highest BCUT2D eigenvalue weighted by Gasteiger charge is 2.31. The lowest BCUT2D eigenvalue weighted by molar-refractivity contribution is -0.137. The Morgan fingerprint density at radius 1 is 1.00 bits per heavy atom. The van der Waals surface area contributed by atoms with Gasteiger partial charge in [0.1, 0.15) is 0 Å². The molecule has 27 heavy (non-hydrogen) atoms. The third-order valence-corrected chi connectivity index (χ3v) is 4.48. The lowest BCUT2D eigenvalue weighted by atomic mass is 9.90. The van der Waals surface area contributed by atoms with Crippen molar-refractivity contribution in [2.45, 2.75) is 19.0 Å². The SMILES string of the molecule is O=C(Nc1ncc2c(n1)-c1ccccc1CC2)c1cccc(C(F)(F)F)c1. The number of carbonyl (C=O) groups excluding carboxylic acids is 1. The third kappa shape index (κ3) is 3.40. The van der Waals surface area contributed by atoms with Crippen molar-refractivity contribution in [2.75, 3.05) is 5.32 Å². The molecule has 0 radical (unpaired) electrons. The number of amides is 1. The summed E-state index contributed by atoms with van der Waals surface area (Å²) < 4.78 is 38.5. The lowest BCUT2D eigenvalue weighted by Crippen LogP contribution is -2.17. The van der Waals surface area contributed by atoms with Crippen LogP contribution in [0.2, 0.25) is 0 Å². The van der Waals surface area contributed by atoms with Gasteiger partial charge in [-0.1, -0.05) is 30.3 Å². The van der Waals surface area contributed by atoms with Crippen LogP contribution in [0.25, 0.3) is 11.3 Å². The van der Waals surface area contributed by atoms with Crippen molar-refractivity contribution in [1.82, 2.24) is 9.97 Å². The fourth-order valence-electron chi connectivity index (χ4n) is 3.13. The molecule has 2 aromatic carbocycles. The molecule has 136 valence electrons. The third-order valence-electron chi connectivity index (χ3n) is 4.48. The molecule has 0 fully saturated rings. The number of nitrogens with one attached hydrogen (secondary N) is 1. The molecule has 0 saturated heterocycles. The molecule has 1 N–H and O–H groups in total. The van der Waals surface area contributed by atoms with Gasteiger partial charge in [0, 0.05) is 17.3 Å². The van der Waals surface area contributed by atoms with E-state index >= 15 is 0 Å². The molecule has 7 heteroatoms. The summed E-state index contributed by atoms with van der Waals surface area (Å²) in [7, 11) is 0. The van der Waals surface area contributed by atoms with E-state index < -0.39 is 17.6 Å². The lowest BCUT2D eigenvalue weighted by Gasteiger charge is -2.18. The number of fused-ring (bicyclic) bond motifs is 3. The largest absolute Gasteiger partial charge is 0.416 e. The first-order valence-corrected chi connectivity index (χ1v) is 8.34. The second-order valence-corrected chi connectivity index (χ2v) is 6.26. The summed E-state index contributed by atoms with van der Waals surface area (Å²) in [5.41, 5.74) is 2.88. The molecular formula is C20H14F3N3O. The first-order valence-electron chi connectivity index (χ1n) is 8.34. The van der Waals surface area contributed by atoms with Gasteiger partial charge in [-0.2, -0.15) is 13.2 Å². The summed E-state index contributed by atoms with van der Waals surface area (Å²) in [6.45, 7) is 0. The molecule has 0 unspecified atom stereocenters. The Balaban J connectivity index is 1.62. The Kier molecular flexibility index (Phi) is 4.14. The molecular weight excluding hydrogens is 355 g/mol. The number of anilines is 1. The van der Waals surface area contributed by atoms with Crippen LogP contribution in [0.15, 0.2) is 54.7 Å². The quantitative estimate of drug-likeness (QED) is 0.723. The minimum absolute atomic E-state index is 0.0628. The van der Waals surface area contributed by atoms with Crippen LogP contribution in [0, 0.1) is 0 Å². The van der Waals surface area contributed by atoms with Crippen LogP contribution in [0.1, 0.15) is 27.0 Å². The average molecular weight is 369 g/mol. The molecule has 0 aliphatic heterocycles. The van der Waals surface area contributed by atoms with Crippen molar-refractivity contribution >= 4 is 11.9 Å². The molecule has 1 amide bonds. The van der Waals surface area contributed by atoms with E-state index in [2.05, 4.69) is 15.3 Å². The van der Waals surface area contributed by atoms with E-state index in [4.69, 9.17) is 0 Å². The van der Waals surface area contributed by atoms with Crippen molar-refractivity contribution < 1.29 is 18.0 Å². The Bertz CT molecular complexity index is 1030. The minimum Gasteiger partial charge on any atom is -0.290 e. The summed E-state index contributed by atoms with van der Waals surface area (Å²) in [5, 5.41) is 2.49. The number of rotatable bonds is 2. The van der Waals surface area contributed by atoms with E-state index in [9.17, 15) is 18.0 Å². The van der Waals surface area contributed by atoms with Gasteiger partial charge in [-0.05, 0) is 42.2 Å². The van der Waals surface area contributed by atoms with Crippen LogP contribution in [-0.2, 0) is 19.0 Å². The number of hydrogen-bond acceptors (Lipinski definition) is 3. The maximum absolute atomic E-state index is 12.8. The normalized spacial score (nSPS) is 12.9. The number of benzene rings is 2. The zero-order chi connectivity index (χ0) is 19.0. The van der Waals surface area contributed by atoms with Crippen LogP contribution in [0.4, 0.5) is 19.1 Å². The highest BCUT2D eigenvalue weighted by Crippen LogP contribution is 2.32. The monoisotopic (exact) mass is 369 g/mol. The number of carbonyl (C=O) groups is 1. The van der Waals surface area contributed by atoms with Gasteiger partial charge in [-0.3, -0.25) is 10.1 Å². The molecule has 4 rings (SSSR count). The van der Waals surface area contributed by atoms with Crippen molar-refractivity contribution in [3.8, 4) is 11.3 Å². The van der Waals surface area contributed by atoms with Crippen LogP contribution >= 0.6 is 0 Å². The van der Waals surface area contributed by atoms with E-state index in [-0.39, 0.29) is 11.5 Å². The van der Waals surface area contributed by atoms with Gasteiger partial charge in [-0.25, -0.2) is 9.97 Å².